The third kappa shape index (κ3) is 6.70. The predicted octanol–water partition coefficient (Wildman–Crippen LogP) is 1.75. The highest BCUT2D eigenvalue weighted by atomic mass is 16.5. The van der Waals surface area contributed by atoms with Crippen LogP contribution in [0.5, 0.6) is 0 Å². The molecule has 1 N–H and O–H groups in total. The number of rotatable bonds is 8. The first-order valence-electron chi connectivity index (χ1n) is 7.50. The molecule has 1 unspecified atom stereocenters. The van der Waals surface area contributed by atoms with Gasteiger partial charge in [-0.05, 0) is 25.7 Å². The molecule has 4 heteroatoms. The van der Waals surface area contributed by atoms with E-state index in [1.165, 1.54) is 0 Å². The van der Waals surface area contributed by atoms with Crippen LogP contribution in [0.2, 0.25) is 0 Å². The van der Waals surface area contributed by atoms with Crippen molar-refractivity contribution in [3.05, 3.63) is 0 Å². The van der Waals surface area contributed by atoms with Crippen LogP contribution >= 0.6 is 0 Å². The maximum Gasteiger partial charge on any atom is 0.0826 e. The quantitative estimate of drug-likeness (QED) is 0.730. The Morgan fingerprint density at radius 3 is 2.79 bits per heavy atom. The van der Waals surface area contributed by atoms with Crippen molar-refractivity contribution in [3.8, 4) is 0 Å². The van der Waals surface area contributed by atoms with E-state index in [0.717, 1.165) is 45.8 Å². The van der Waals surface area contributed by atoms with Gasteiger partial charge >= 0.3 is 0 Å². The molecule has 4 nitrogen and oxygen atoms in total. The molecule has 1 heterocycles. The van der Waals surface area contributed by atoms with Crippen LogP contribution in [-0.2, 0) is 9.47 Å². The first-order valence-corrected chi connectivity index (χ1v) is 7.50. The zero-order chi connectivity index (χ0) is 14.3. The topological polar surface area (TPSA) is 33.7 Å². The summed E-state index contributed by atoms with van der Waals surface area (Å²) in [4.78, 5) is 2.49. The van der Waals surface area contributed by atoms with E-state index in [0.29, 0.717) is 12.1 Å². The van der Waals surface area contributed by atoms with Crippen LogP contribution in [0.1, 0.15) is 34.1 Å². The summed E-state index contributed by atoms with van der Waals surface area (Å²) in [5.41, 5.74) is 0.280. The van der Waals surface area contributed by atoms with Crippen molar-refractivity contribution in [1.29, 1.82) is 0 Å². The minimum Gasteiger partial charge on any atom is -0.385 e. The number of ether oxygens (including phenoxy) is 2. The molecule has 0 aliphatic carbocycles. The summed E-state index contributed by atoms with van der Waals surface area (Å²) in [6.45, 7) is 14.8. The Hall–Kier alpha value is -0.160. The lowest BCUT2D eigenvalue weighted by Gasteiger charge is -2.36. The Balaban J connectivity index is 2.21. The molecule has 0 radical (unpaired) electrons. The first kappa shape index (κ1) is 16.9. The lowest BCUT2D eigenvalue weighted by atomic mass is 9.89. The van der Waals surface area contributed by atoms with Crippen LogP contribution in [0.25, 0.3) is 0 Å². The molecule has 1 fully saturated rings. The van der Waals surface area contributed by atoms with Gasteiger partial charge in [0.15, 0.2) is 0 Å². The van der Waals surface area contributed by atoms with E-state index in [1.54, 1.807) is 7.11 Å². The highest BCUT2D eigenvalue weighted by Crippen LogP contribution is 2.18. The molecule has 0 aromatic carbocycles. The summed E-state index contributed by atoms with van der Waals surface area (Å²) in [5.74, 6) is 0. The van der Waals surface area contributed by atoms with Crippen molar-refractivity contribution in [2.45, 2.75) is 46.3 Å². The van der Waals surface area contributed by atoms with Crippen LogP contribution in [-0.4, -0.2) is 63.5 Å². The number of morpholine rings is 1. The maximum absolute atomic E-state index is 5.83. The Bertz CT molecular complexity index is 244. The monoisotopic (exact) mass is 272 g/mol. The molecule has 114 valence electrons. The second-order valence-corrected chi connectivity index (χ2v) is 6.62. The van der Waals surface area contributed by atoms with E-state index in [-0.39, 0.29) is 5.41 Å². The van der Waals surface area contributed by atoms with E-state index in [4.69, 9.17) is 9.47 Å². The summed E-state index contributed by atoms with van der Waals surface area (Å²) < 4.78 is 11.0. The molecule has 1 aliphatic rings. The van der Waals surface area contributed by atoms with Gasteiger partial charge in [0.05, 0.1) is 12.7 Å². The Morgan fingerprint density at radius 1 is 1.42 bits per heavy atom. The zero-order valence-corrected chi connectivity index (χ0v) is 13.4. The summed E-state index contributed by atoms with van der Waals surface area (Å²) in [6.07, 6.45) is 1.41. The van der Waals surface area contributed by atoms with E-state index in [1.807, 2.05) is 0 Å². The van der Waals surface area contributed by atoms with Gasteiger partial charge < -0.3 is 14.8 Å². The molecule has 0 amide bonds. The Kier molecular flexibility index (Phi) is 7.29. The smallest absolute Gasteiger partial charge is 0.0826 e. The van der Waals surface area contributed by atoms with Crippen LogP contribution in [0.3, 0.4) is 0 Å². The molecule has 0 saturated carbocycles. The summed E-state index contributed by atoms with van der Waals surface area (Å²) >= 11 is 0. The normalized spacial score (nSPS) is 22.1. The number of hydrogen-bond donors (Lipinski definition) is 1. The predicted molar refractivity (Wildman–Crippen MR) is 79.6 cm³/mol. The lowest BCUT2D eigenvalue weighted by molar-refractivity contribution is -0.0379. The van der Waals surface area contributed by atoms with Crippen LogP contribution in [0.4, 0.5) is 0 Å². The molecule has 0 aromatic rings. The van der Waals surface area contributed by atoms with Gasteiger partial charge in [-0.3, -0.25) is 4.90 Å². The molecule has 0 spiro atoms. The summed E-state index contributed by atoms with van der Waals surface area (Å²) in [5, 5.41) is 3.56. The highest BCUT2D eigenvalue weighted by Gasteiger charge is 2.23. The second-order valence-electron chi connectivity index (χ2n) is 6.62. The number of nitrogens with one attached hydrogen (secondary N) is 1. The second kappa shape index (κ2) is 8.20. The molecule has 1 rings (SSSR count). The molecule has 1 aliphatic heterocycles. The lowest BCUT2D eigenvalue weighted by Crippen LogP contribution is -2.49. The van der Waals surface area contributed by atoms with Crippen molar-refractivity contribution in [2.75, 3.05) is 46.5 Å². The zero-order valence-electron chi connectivity index (χ0n) is 13.4. The first-order chi connectivity index (χ1) is 8.94. The average Bonchev–Trinajstić information content (AvgIpc) is 2.36. The average molecular weight is 272 g/mol. The fourth-order valence-electron chi connectivity index (χ4n) is 2.37. The minimum absolute atomic E-state index is 0.280. The SMILES string of the molecule is COCCC(C)(C)CNCC1CN(C(C)C)CCO1. The van der Waals surface area contributed by atoms with Crippen molar-refractivity contribution in [1.82, 2.24) is 10.2 Å². The van der Waals surface area contributed by atoms with Crippen LogP contribution in [0.15, 0.2) is 0 Å². The van der Waals surface area contributed by atoms with Gasteiger partial charge in [-0.25, -0.2) is 0 Å². The Morgan fingerprint density at radius 2 is 2.16 bits per heavy atom. The standard InChI is InChI=1S/C15H32N2O2/c1-13(2)17-7-9-19-14(11-17)10-16-12-15(3,4)6-8-18-5/h13-14,16H,6-12H2,1-5H3. The minimum atomic E-state index is 0.280. The van der Waals surface area contributed by atoms with E-state index >= 15 is 0 Å². The van der Waals surface area contributed by atoms with Crippen molar-refractivity contribution < 1.29 is 9.47 Å². The van der Waals surface area contributed by atoms with E-state index in [9.17, 15) is 0 Å². The number of methoxy groups -OCH3 is 1. The van der Waals surface area contributed by atoms with Gasteiger partial charge in [-0.15, -0.1) is 0 Å². The van der Waals surface area contributed by atoms with Crippen molar-refractivity contribution >= 4 is 0 Å². The number of hydrogen-bond acceptors (Lipinski definition) is 4. The van der Waals surface area contributed by atoms with E-state index < -0.39 is 0 Å². The Labute approximate surface area is 118 Å². The van der Waals surface area contributed by atoms with Gasteiger partial charge in [-0.2, -0.15) is 0 Å². The van der Waals surface area contributed by atoms with Gasteiger partial charge in [0.2, 0.25) is 0 Å². The number of nitrogens with zero attached hydrogens (tertiary/aromatic N) is 1. The fourth-order valence-corrected chi connectivity index (χ4v) is 2.37. The highest BCUT2D eigenvalue weighted by molar-refractivity contribution is 4.78. The van der Waals surface area contributed by atoms with Gasteiger partial charge in [0.1, 0.15) is 0 Å². The molecule has 1 atom stereocenters. The van der Waals surface area contributed by atoms with Gasteiger partial charge in [-0.1, -0.05) is 13.8 Å². The van der Waals surface area contributed by atoms with Crippen molar-refractivity contribution in [3.63, 3.8) is 0 Å². The van der Waals surface area contributed by atoms with Gasteiger partial charge in [0, 0.05) is 45.9 Å². The third-order valence-electron chi connectivity index (χ3n) is 3.86. The molecule has 1 saturated heterocycles. The molecule has 0 aromatic heterocycles. The fraction of sp³-hybridized carbons (Fsp3) is 1.00. The van der Waals surface area contributed by atoms with Crippen LogP contribution in [0, 0.1) is 5.41 Å². The van der Waals surface area contributed by atoms with Crippen LogP contribution < -0.4 is 5.32 Å². The van der Waals surface area contributed by atoms with Gasteiger partial charge in [0.25, 0.3) is 0 Å². The molecular weight excluding hydrogens is 240 g/mol. The summed E-state index contributed by atoms with van der Waals surface area (Å²) in [7, 11) is 1.76. The molecule has 19 heavy (non-hydrogen) atoms. The van der Waals surface area contributed by atoms with Crippen molar-refractivity contribution in [2.24, 2.45) is 5.41 Å². The van der Waals surface area contributed by atoms with E-state index in [2.05, 4.69) is 37.9 Å². The maximum atomic E-state index is 5.83. The largest absolute Gasteiger partial charge is 0.385 e. The molecule has 0 bridgehead atoms. The summed E-state index contributed by atoms with van der Waals surface area (Å²) in [6, 6.07) is 0.615. The molecular formula is C15H32N2O2. The third-order valence-corrected chi connectivity index (χ3v) is 3.86.